The maximum absolute atomic E-state index is 6.20. The predicted molar refractivity (Wildman–Crippen MR) is 70.3 cm³/mol. The number of nitrogens with zero attached hydrogens (tertiary/aromatic N) is 2. The largest absolute Gasteiger partial charge is 0.378 e. The van der Waals surface area contributed by atoms with Gasteiger partial charge >= 0.3 is 0 Å². The molecule has 0 aliphatic rings. The monoisotopic (exact) mass is 247 g/mol. The molecule has 0 unspecified atom stereocenters. The van der Waals surface area contributed by atoms with Crippen molar-refractivity contribution in [3.63, 3.8) is 0 Å². The van der Waals surface area contributed by atoms with Gasteiger partial charge in [0.05, 0.1) is 22.9 Å². The van der Waals surface area contributed by atoms with Crippen LogP contribution in [0.4, 0.5) is 5.69 Å². The lowest BCUT2D eigenvalue weighted by atomic mass is 10.2. The predicted octanol–water partition coefficient (Wildman–Crippen LogP) is 3.36. The van der Waals surface area contributed by atoms with Gasteiger partial charge in [-0.05, 0) is 31.5 Å². The summed E-state index contributed by atoms with van der Waals surface area (Å²) in [7, 11) is 0. The zero-order valence-corrected chi connectivity index (χ0v) is 10.6. The van der Waals surface area contributed by atoms with Crippen LogP contribution in [0.5, 0.6) is 0 Å². The van der Waals surface area contributed by atoms with Crippen molar-refractivity contribution in [1.82, 2.24) is 9.97 Å². The third kappa shape index (κ3) is 2.94. The molecule has 4 heteroatoms. The number of nitrogens with one attached hydrogen (secondary N) is 1. The minimum Gasteiger partial charge on any atom is -0.378 e. The van der Waals surface area contributed by atoms with Gasteiger partial charge in [0.25, 0.3) is 0 Å². The number of hydrogen-bond donors (Lipinski definition) is 1. The lowest BCUT2D eigenvalue weighted by Gasteiger charge is -2.09. The summed E-state index contributed by atoms with van der Waals surface area (Å²) in [5.41, 5.74) is 2.95. The summed E-state index contributed by atoms with van der Waals surface area (Å²) < 4.78 is 0. The van der Waals surface area contributed by atoms with E-state index in [-0.39, 0.29) is 0 Å². The van der Waals surface area contributed by atoms with Crippen LogP contribution in [0, 0.1) is 13.8 Å². The van der Waals surface area contributed by atoms with Crippen molar-refractivity contribution >= 4 is 17.3 Å². The molecular formula is C13H14ClN3. The molecule has 0 fully saturated rings. The van der Waals surface area contributed by atoms with Crippen LogP contribution in [-0.4, -0.2) is 9.97 Å². The van der Waals surface area contributed by atoms with Gasteiger partial charge in [-0.1, -0.05) is 23.7 Å². The molecule has 3 nitrogen and oxygen atoms in total. The molecule has 88 valence electrons. The van der Waals surface area contributed by atoms with E-state index in [1.807, 2.05) is 38.1 Å². The summed E-state index contributed by atoms with van der Waals surface area (Å²) in [6.07, 6.45) is 1.76. The second-order valence-electron chi connectivity index (χ2n) is 3.89. The number of aromatic nitrogens is 2. The lowest BCUT2D eigenvalue weighted by Crippen LogP contribution is -2.03. The van der Waals surface area contributed by atoms with Crippen LogP contribution >= 0.6 is 11.6 Å². The molecule has 0 aliphatic heterocycles. The molecule has 0 saturated heterocycles. The van der Waals surface area contributed by atoms with Crippen LogP contribution in [0.1, 0.15) is 17.1 Å². The Morgan fingerprint density at radius 3 is 2.82 bits per heavy atom. The standard InChI is InChI=1S/C13H14ClN3/c1-9-4-3-5-12(13(9)14)16-8-11-6-7-15-10(2)17-11/h3-7,16H,8H2,1-2H3. The summed E-state index contributed by atoms with van der Waals surface area (Å²) in [5.74, 6) is 0.777. The fourth-order valence-electron chi connectivity index (χ4n) is 1.57. The van der Waals surface area contributed by atoms with E-state index in [2.05, 4.69) is 15.3 Å². The second kappa shape index (κ2) is 5.15. The Morgan fingerprint density at radius 2 is 2.06 bits per heavy atom. The highest BCUT2D eigenvalue weighted by molar-refractivity contribution is 6.33. The minimum absolute atomic E-state index is 0.645. The van der Waals surface area contributed by atoms with E-state index >= 15 is 0 Å². The van der Waals surface area contributed by atoms with Crippen LogP contribution in [0.25, 0.3) is 0 Å². The van der Waals surface area contributed by atoms with Crippen molar-refractivity contribution in [3.8, 4) is 0 Å². The van der Waals surface area contributed by atoms with Crippen molar-refractivity contribution < 1.29 is 0 Å². The molecule has 0 atom stereocenters. The summed E-state index contributed by atoms with van der Waals surface area (Å²) in [6, 6.07) is 7.82. The van der Waals surface area contributed by atoms with E-state index in [1.54, 1.807) is 6.20 Å². The Morgan fingerprint density at radius 1 is 1.24 bits per heavy atom. The van der Waals surface area contributed by atoms with E-state index < -0.39 is 0 Å². The average molecular weight is 248 g/mol. The highest BCUT2D eigenvalue weighted by Gasteiger charge is 2.02. The maximum Gasteiger partial charge on any atom is 0.125 e. The Labute approximate surface area is 106 Å². The zero-order chi connectivity index (χ0) is 12.3. The number of hydrogen-bond acceptors (Lipinski definition) is 3. The molecule has 1 heterocycles. The maximum atomic E-state index is 6.20. The van der Waals surface area contributed by atoms with E-state index in [9.17, 15) is 0 Å². The molecule has 1 N–H and O–H groups in total. The quantitative estimate of drug-likeness (QED) is 0.904. The van der Waals surface area contributed by atoms with Gasteiger partial charge in [0.15, 0.2) is 0 Å². The molecule has 0 radical (unpaired) electrons. The topological polar surface area (TPSA) is 37.8 Å². The average Bonchev–Trinajstić information content (AvgIpc) is 2.31. The molecule has 0 aliphatic carbocycles. The van der Waals surface area contributed by atoms with Crippen molar-refractivity contribution in [3.05, 3.63) is 52.6 Å². The first-order chi connectivity index (χ1) is 8.16. The van der Waals surface area contributed by atoms with Gasteiger partial charge in [-0.3, -0.25) is 0 Å². The van der Waals surface area contributed by atoms with Gasteiger partial charge < -0.3 is 5.32 Å². The van der Waals surface area contributed by atoms with Crippen LogP contribution in [0.15, 0.2) is 30.5 Å². The fraction of sp³-hybridized carbons (Fsp3) is 0.231. The first kappa shape index (κ1) is 11.9. The summed E-state index contributed by atoms with van der Waals surface area (Å²) in [6.45, 7) is 4.51. The number of rotatable bonds is 3. The summed E-state index contributed by atoms with van der Waals surface area (Å²) in [4.78, 5) is 8.39. The van der Waals surface area contributed by atoms with Gasteiger partial charge in [0, 0.05) is 6.20 Å². The normalized spacial score (nSPS) is 10.3. The molecule has 17 heavy (non-hydrogen) atoms. The molecule has 1 aromatic carbocycles. The number of aryl methyl sites for hydroxylation is 2. The van der Waals surface area contributed by atoms with Crippen molar-refractivity contribution in [1.29, 1.82) is 0 Å². The molecule has 2 rings (SSSR count). The Bertz CT molecular complexity index is 526. The highest BCUT2D eigenvalue weighted by atomic mass is 35.5. The van der Waals surface area contributed by atoms with E-state index in [1.165, 1.54) is 0 Å². The molecule has 0 bridgehead atoms. The zero-order valence-electron chi connectivity index (χ0n) is 9.87. The van der Waals surface area contributed by atoms with Crippen LogP contribution < -0.4 is 5.32 Å². The van der Waals surface area contributed by atoms with Crippen molar-refractivity contribution in [2.45, 2.75) is 20.4 Å². The highest BCUT2D eigenvalue weighted by Crippen LogP contribution is 2.25. The molecule has 2 aromatic rings. The summed E-state index contributed by atoms with van der Waals surface area (Å²) >= 11 is 6.20. The molecule has 0 spiro atoms. The van der Waals surface area contributed by atoms with Crippen LogP contribution in [0.2, 0.25) is 5.02 Å². The molecule has 0 saturated carbocycles. The van der Waals surface area contributed by atoms with Crippen LogP contribution in [-0.2, 0) is 6.54 Å². The van der Waals surface area contributed by atoms with Gasteiger partial charge in [-0.2, -0.15) is 0 Å². The SMILES string of the molecule is Cc1nccc(CNc2cccc(C)c2Cl)n1. The molecule has 1 aromatic heterocycles. The molecular weight excluding hydrogens is 234 g/mol. The van der Waals surface area contributed by atoms with Gasteiger partial charge in [0.1, 0.15) is 5.82 Å². The number of anilines is 1. The smallest absolute Gasteiger partial charge is 0.125 e. The van der Waals surface area contributed by atoms with E-state index in [4.69, 9.17) is 11.6 Å². The number of benzene rings is 1. The summed E-state index contributed by atoms with van der Waals surface area (Å²) in [5, 5.41) is 4.04. The Hall–Kier alpha value is -1.61. The van der Waals surface area contributed by atoms with Gasteiger partial charge in [-0.25, -0.2) is 9.97 Å². The van der Waals surface area contributed by atoms with Crippen molar-refractivity contribution in [2.24, 2.45) is 0 Å². The Balaban J connectivity index is 2.10. The third-order valence-electron chi connectivity index (χ3n) is 2.49. The minimum atomic E-state index is 0.645. The van der Waals surface area contributed by atoms with E-state index in [0.29, 0.717) is 6.54 Å². The fourth-order valence-corrected chi connectivity index (χ4v) is 1.77. The van der Waals surface area contributed by atoms with Crippen LogP contribution in [0.3, 0.4) is 0 Å². The van der Waals surface area contributed by atoms with E-state index in [0.717, 1.165) is 27.8 Å². The first-order valence-electron chi connectivity index (χ1n) is 5.44. The molecule has 0 amide bonds. The number of halogens is 1. The third-order valence-corrected chi connectivity index (χ3v) is 2.99. The second-order valence-corrected chi connectivity index (χ2v) is 4.26. The first-order valence-corrected chi connectivity index (χ1v) is 5.82. The Kier molecular flexibility index (Phi) is 3.59. The lowest BCUT2D eigenvalue weighted by molar-refractivity contribution is 0.955. The van der Waals surface area contributed by atoms with Gasteiger partial charge in [-0.15, -0.1) is 0 Å². The van der Waals surface area contributed by atoms with Gasteiger partial charge in [0.2, 0.25) is 0 Å². The van der Waals surface area contributed by atoms with Crippen molar-refractivity contribution in [2.75, 3.05) is 5.32 Å².